The third-order valence-corrected chi connectivity index (χ3v) is 5.79. The molecule has 1 nitrogen and oxygen atoms in total. The Morgan fingerprint density at radius 2 is 1.14 bits per heavy atom. The second-order valence-electron chi connectivity index (χ2n) is 7.03. The molecular weight excluding hydrogens is 256 g/mol. The van der Waals surface area contributed by atoms with Crippen LogP contribution >= 0.6 is 0 Å². The lowest BCUT2D eigenvalue weighted by Gasteiger charge is -2.28. The van der Waals surface area contributed by atoms with Crippen molar-refractivity contribution in [3.8, 4) is 0 Å². The molecular formula is C20H34O. The van der Waals surface area contributed by atoms with E-state index in [1.54, 1.807) is 0 Å². The van der Waals surface area contributed by atoms with Crippen molar-refractivity contribution < 1.29 is 4.74 Å². The van der Waals surface area contributed by atoms with E-state index in [4.69, 9.17) is 4.74 Å². The fourth-order valence-corrected chi connectivity index (χ4v) is 4.33. The van der Waals surface area contributed by atoms with E-state index >= 15 is 0 Å². The van der Waals surface area contributed by atoms with E-state index in [2.05, 4.69) is 26.0 Å². The van der Waals surface area contributed by atoms with Crippen molar-refractivity contribution in [1.29, 1.82) is 0 Å². The third-order valence-electron chi connectivity index (χ3n) is 5.79. The molecule has 2 aliphatic carbocycles. The standard InChI is InChI=1S/C20H34O/c1-3-17-9-5-7-11-19(17)13-15-21-16-14-20-12-8-6-10-18(20)4-2/h13-20H,3-12H2,1-2H3. The second-order valence-corrected chi connectivity index (χ2v) is 7.03. The number of hydrogen-bond acceptors (Lipinski definition) is 1. The molecule has 2 aliphatic rings. The van der Waals surface area contributed by atoms with Crippen molar-refractivity contribution in [3.05, 3.63) is 24.7 Å². The summed E-state index contributed by atoms with van der Waals surface area (Å²) in [5.41, 5.74) is 0. The van der Waals surface area contributed by atoms with Crippen molar-refractivity contribution in [2.45, 2.75) is 78.1 Å². The maximum atomic E-state index is 5.66. The van der Waals surface area contributed by atoms with Gasteiger partial charge in [0.15, 0.2) is 0 Å². The molecule has 0 bridgehead atoms. The maximum absolute atomic E-state index is 5.66. The quantitative estimate of drug-likeness (QED) is 0.510. The summed E-state index contributed by atoms with van der Waals surface area (Å²) < 4.78 is 5.66. The molecule has 4 atom stereocenters. The SMILES string of the molecule is CCC1CCCCC1C=COC=CC1CCCCC1CC. The molecule has 120 valence electrons. The van der Waals surface area contributed by atoms with Crippen LogP contribution in [0.4, 0.5) is 0 Å². The molecule has 0 radical (unpaired) electrons. The minimum absolute atomic E-state index is 0.746. The first kappa shape index (κ1) is 16.6. The summed E-state index contributed by atoms with van der Waals surface area (Å²) in [6.07, 6.45) is 22.3. The average Bonchev–Trinajstić information content (AvgIpc) is 2.55. The highest BCUT2D eigenvalue weighted by molar-refractivity contribution is 4.93. The van der Waals surface area contributed by atoms with Crippen molar-refractivity contribution in [2.24, 2.45) is 23.7 Å². The Bertz CT molecular complexity index is 299. The third kappa shape index (κ3) is 5.20. The summed E-state index contributed by atoms with van der Waals surface area (Å²) in [6.45, 7) is 4.65. The van der Waals surface area contributed by atoms with Gasteiger partial charge in [-0.15, -0.1) is 0 Å². The van der Waals surface area contributed by atoms with Gasteiger partial charge in [0.25, 0.3) is 0 Å². The summed E-state index contributed by atoms with van der Waals surface area (Å²) in [4.78, 5) is 0. The summed E-state index contributed by atoms with van der Waals surface area (Å²) in [5, 5.41) is 0. The Labute approximate surface area is 131 Å². The highest BCUT2D eigenvalue weighted by Crippen LogP contribution is 2.34. The van der Waals surface area contributed by atoms with Gasteiger partial charge >= 0.3 is 0 Å². The molecule has 0 spiro atoms. The van der Waals surface area contributed by atoms with Gasteiger partial charge in [0.1, 0.15) is 0 Å². The van der Waals surface area contributed by atoms with Crippen LogP contribution < -0.4 is 0 Å². The van der Waals surface area contributed by atoms with Gasteiger partial charge in [-0.05, 0) is 61.5 Å². The van der Waals surface area contributed by atoms with Gasteiger partial charge in [0, 0.05) is 0 Å². The topological polar surface area (TPSA) is 9.23 Å². The van der Waals surface area contributed by atoms with Crippen molar-refractivity contribution in [1.82, 2.24) is 0 Å². The molecule has 2 fully saturated rings. The summed E-state index contributed by atoms with van der Waals surface area (Å²) in [5.74, 6) is 3.25. The summed E-state index contributed by atoms with van der Waals surface area (Å²) in [7, 11) is 0. The minimum atomic E-state index is 0.746. The molecule has 0 heterocycles. The number of allylic oxidation sites excluding steroid dienone is 2. The second kappa shape index (κ2) is 9.33. The van der Waals surface area contributed by atoms with Crippen LogP contribution in [0.25, 0.3) is 0 Å². The zero-order chi connectivity index (χ0) is 14.9. The zero-order valence-electron chi connectivity index (χ0n) is 14.1. The van der Waals surface area contributed by atoms with Crippen LogP contribution in [0.5, 0.6) is 0 Å². The van der Waals surface area contributed by atoms with E-state index in [0.29, 0.717) is 0 Å². The normalized spacial score (nSPS) is 34.6. The van der Waals surface area contributed by atoms with Crippen LogP contribution in [0.15, 0.2) is 24.7 Å². The Morgan fingerprint density at radius 1 is 0.714 bits per heavy atom. The Balaban J connectivity index is 1.74. The van der Waals surface area contributed by atoms with E-state index < -0.39 is 0 Å². The first-order valence-corrected chi connectivity index (χ1v) is 9.34. The molecule has 2 rings (SSSR count). The summed E-state index contributed by atoms with van der Waals surface area (Å²) in [6, 6.07) is 0. The van der Waals surface area contributed by atoms with E-state index in [9.17, 15) is 0 Å². The zero-order valence-corrected chi connectivity index (χ0v) is 14.1. The lowest BCUT2D eigenvalue weighted by Crippen LogP contribution is -2.17. The van der Waals surface area contributed by atoms with E-state index in [1.165, 1.54) is 64.2 Å². The van der Waals surface area contributed by atoms with Crippen LogP contribution in [0, 0.1) is 23.7 Å². The van der Waals surface area contributed by atoms with Gasteiger partial charge < -0.3 is 4.74 Å². The lowest BCUT2D eigenvalue weighted by atomic mass is 9.78. The van der Waals surface area contributed by atoms with E-state index in [1.807, 2.05) is 12.5 Å². The summed E-state index contributed by atoms with van der Waals surface area (Å²) >= 11 is 0. The lowest BCUT2D eigenvalue weighted by molar-refractivity contribution is 0.264. The van der Waals surface area contributed by atoms with Crippen molar-refractivity contribution in [2.75, 3.05) is 0 Å². The molecule has 0 aromatic heterocycles. The van der Waals surface area contributed by atoms with Gasteiger partial charge in [-0.25, -0.2) is 0 Å². The fraction of sp³-hybridized carbons (Fsp3) is 0.800. The van der Waals surface area contributed by atoms with Crippen LogP contribution in [0.3, 0.4) is 0 Å². The highest BCUT2D eigenvalue weighted by atomic mass is 16.5. The largest absolute Gasteiger partial charge is 0.473 e. The minimum Gasteiger partial charge on any atom is -0.473 e. The fourth-order valence-electron chi connectivity index (χ4n) is 4.33. The predicted octanol–water partition coefficient (Wildman–Crippen LogP) is 6.46. The molecule has 0 aliphatic heterocycles. The first-order valence-electron chi connectivity index (χ1n) is 9.34. The van der Waals surface area contributed by atoms with Crippen molar-refractivity contribution in [3.63, 3.8) is 0 Å². The van der Waals surface area contributed by atoms with E-state index in [-0.39, 0.29) is 0 Å². The smallest absolute Gasteiger partial charge is 0.0864 e. The van der Waals surface area contributed by atoms with Crippen molar-refractivity contribution >= 4 is 0 Å². The average molecular weight is 290 g/mol. The first-order chi connectivity index (χ1) is 10.3. The molecule has 0 amide bonds. The van der Waals surface area contributed by atoms with Gasteiger partial charge in [0.05, 0.1) is 12.5 Å². The molecule has 0 aromatic carbocycles. The predicted molar refractivity (Wildman–Crippen MR) is 90.8 cm³/mol. The van der Waals surface area contributed by atoms with Gasteiger partial charge in [-0.3, -0.25) is 0 Å². The Kier molecular flexibility index (Phi) is 7.39. The Morgan fingerprint density at radius 3 is 1.57 bits per heavy atom. The molecule has 0 saturated heterocycles. The number of rotatable bonds is 6. The van der Waals surface area contributed by atoms with Crippen LogP contribution in [-0.4, -0.2) is 0 Å². The monoisotopic (exact) mass is 290 g/mol. The van der Waals surface area contributed by atoms with Crippen LogP contribution in [0.2, 0.25) is 0 Å². The van der Waals surface area contributed by atoms with Gasteiger partial charge in [0.2, 0.25) is 0 Å². The Hall–Kier alpha value is -0.720. The van der Waals surface area contributed by atoms with E-state index in [0.717, 1.165) is 23.7 Å². The molecule has 4 unspecified atom stereocenters. The molecule has 0 N–H and O–H groups in total. The van der Waals surface area contributed by atoms with Crippen LogP contribution in [-0.2, 0) is 4.74 Å². The van der Waals surface area contributed by atoms with Gasteiger partial charge in [-0.2, -0.15) is 0 Å². The highest BCUT2D eigenvalue weighted by Gasteiger charge is 2.22. The maximum Gasteiger partial charge on any atom is 0.0864 e. The molecule has 1 heteroatoms. The molecule has 0 aromatic rings. The number of ether oxygens (including phenoxy) is 1. The number of hydrogen-bond donors (Lipinski definition) is 0. The molecule has 2 saturated carbocycles. The van der Waals surface area contributed by atoms with Crippen LogP contribution in [0.1, 0.15) is 78.1 Å². The molecule has 21 heavy (non-hydrogen) atoms. The van der Waals surface area contributed by atoms with Gasteiger partial charge in [-0.1, -0.05) is 52.4 Å².